The number of nitrogens with two attached hydrogens (primary N) is 1. The van der Waals surface area contributed by atoms with E-state index in [1.165, 1.54) is 25.5 Å². The normalized spacial score (nSPS) is 10.4. The third kappa shape index (κ3) is 3.61. The van der Waals surface area contributed by atoms with E-state index < -0.39 is 12.0 Å². The van der Waals surface area contributed by atoms with Gasteiger partial charge in [-0.15, -0.1) is 0 Å². The van der Waals surface area contributed by atoms with Crippen LogP contribution in [-0.2, 0) is 4.74 Å². The first-order valence-electron chi connectivity index (χ1n) is 4.61. The van der Waals surface area contributed by atoms with E-state index >= 15 is 0 Å². The van der Waals surface area contributed by atoms with Crippen molar-refractivity contribution in [3.63, 3.8) is 0 Å². The van der Waals surface area contributed by atoms with E-state index in [2.05, 4.69) is 9.84 Å². The Labute approximate surface area is 113 Å². The van der Waals surface area contributed by atoms with Gasteiger partial charge in [-0.05, 0) is 12.1 Å². The SMILES string of the molecule is COC(=O)c1cc(Cl)c(C=NNC(N)=O)c(Cl)c1. The van der Waals surface area contributed by atoms with Gasteiger partial charge in [0, 0.05) is 5.56 Å². The number of nitrogens with one attached hydrogen (secondary N) is 1. The number of hydrazone groups is 1. The third-order valence-corrected chi connectivity index (χ3v) is 2.49. The number of nitrogens with zero attached hydrogens (tertiary/aromatic N) is 1. The first kappa shape index (κ1) is 14.3. The summed E-state index contributed by atoms with van der Waals surface area (Å²) in [5, 5.41) is 3.91. The van der Waals surface area contributed by atoms with Gasteiger partial charge in [0.15, 0.2) is 0 Å². The highest BCUT2D eigenvalue weighted by atomic mass is 35.5. The van der Waals surface area contributed by atoms with Crippen molar-refractivity contribution >= 4 is 41.4 Å². The zero-order chi connectivity index (χ0) is 13.7. The monoisotopic (exact) mass is 289 g/mol. The van der Waals surface area contributed by atoms with Crippen molar-refractivity contribution in [1.29, 1.82) is 0 Å². The van der Waals surface area contributed by atoms with Crippen molar-refractivity contribution in [2.75, 3.05) is 7.11 Å². The molecule has 0 unspecified atom stereocenters. The minimum absolute atomic E-state index is 0.193. The van der Waals surface area contributed by atoms with Crippen LogP contribution in [0.4, 0.5) is 4.79 Å². The molecule has 0 aromatic heterocycles. The van der Waals surface area contributed by atoms with E-state index in [4.69, 9.17) is 28.9 Å². The van der Waals surface area contributed by atoms with Gasteiger partial charge in [0.1, 0.15) is 0 Å². The first-order valence-corrected chi connectivity index (χ1v) is 5.37. The van der Waals surface area contributed by atoms with Crippen LogP contribution in [0.1, 0.15) is 15.9 Å². The Morgan fingerprint density at radius 2 is 1.94 bits per heavy atom. The van der Waals surface area contributed by atoms with Gasteiger partial charge >= 0.3 is 12.0 Å². The van der Waals surface area contributed by atoms with Gasteiger partial charge in [-0.3, -0.25) is 0 Å². The quantitative estimate of drug-likeness (QED) is 0.504. The zero-order valence-corrected chi connectivity index (χ0v) is 10.7. The Morgan fingerprint density at radius 3 is 2.39 bits per heavy atom. The topological polar surface area (TPSA) is 93.8 Å². The molecule has 0 bridgehead atoms. The van der Waals surface area contributed by atoms with E-state index in [9.17, 15) is 9.59 Å². The molecule has 18 heavy (non-hydrogen) atoms. The van der Waals surface area contributed by atoms with Crippen LogP contribution >= 0.6 is 23.2 Å². The van der Waals surface area contributed by atoms with Gasteiger partial charge in [0.25, 0.3) is 0 Å². The molecule has 0 aliphatic heterocycles. The Balaban J connectivity index is 3.05. The van der Waals surface area contributed by atoms with Gasteiger partial charge in [-0.25, -0.2) is 15.0 Å². The van der Waals surface area contributed by atoms with Crippen LogP contribution in [0, 0.1) is 0 Å². The number of hydrogen-bond donors (Lipinski definition) is 2. The summed E-state index contributed by atoms with van der Waals surface area (Å²) in [6.07, 6.45) is 1.22. The second-order valence-electron chi connectivity index (χ2n) is 3.08. The molecular formula is C10H9Cl2N3O3. The Morgan fingerprint density at radius 1 is 1.39 bits per heavy atom. The van der Waals surface area contributed by atoms with Crippen molar-refractivity contribution in [3.05, 3.63) is 33.3 Å². The number of amides is 2. The molecule has 0 atom stereocenters. The van der Waals surface area contributed by atoms with Crippen molar-refractivity contribution in [3.8, 4) is 0 Å². The molecule has 1 rings (SSSR count). The number of carbonyl (C=O) groups excluding carboxylic acids is 2. The number of methoxy groups -OCH3 is 1. The van der Waals surface area contributed by atoms with E-state index in [-0.39, 0.29) is 15.6 Å². The highest BCUT2D eigenvalue weighted by molar-refractivity contribution is 6.39. The molecule has 3 N–H and O–H groups in total. The van der Waals surface area contributed by atoms with Crippen LogP contribution in [0.3, 0.4) is 0 Å². The summed E-state index contributed by atoms with van der Waals surface area (Å²) < 4.78 is 4.54. The van der Waals surface area contributed by atoms with Crippen molar-refractivity contribution in [2.24, 2.45) is 10.8 Å². The standard InChI is InChI=1S/C10H9Cl2N3O3/c1-18-9(16)5-2-7(11)6(8(12)3-5)4-14-15-10(13)17/h2-4H,1H3,(H3,13,15,17). The molecule has 1 aromatic carbocycles. The van der Waals surface area contributed by atoms with Crippen LogP contribution in [0.5, 0.6) is 0 Å². The molecule has 1 aromatic rings. The van der Waals surface area contributed by atoms with Crippen LogP contribution in [0.15, 0.2) is 17.2 Å². The van der Waals surface area contributed by atoms with Gasteiger partial charge in [-0.2, -0.15) is 5.10 Å². The second kappa shape index (κ2) is 6.23. The number of ether oxygens (including phenoxy) is 1. The second-order valence-corrected chi connectivity index (χ2v) is 3.89. The fourth-order valence-electron chi connectivity index (χ4n) is 1.10. The molecule has 6 nitrogen and oxygen atoms in total. The van der Waals surface area contributed by atoms with Gasteiger partial charge < -0.3 is 10.5 Å². The zero-order valence-electron chi connectivity index (χ0n) is 9.24. The fourth-order valence-corrected chi connectivity index (χ4v) is 1.69. The number of rotatable bonds is 3. The molecule has 0 radical (unpaired) electrons. The first-order chi connectivity index (χ1) is 8.45. The summed E-state index contributed by atoms with van der Waals surface area (Å²) in [6, 6.07) is 1.94. The van der Waals surface area contributed by atoms with E-state index in [0.717, 1.165) is 0 Å². The lowest BCUT2D eigenvalue weighted by atomic mass is 10.1. The van der Waals surface area contributed by atoms with E-state index in [1.807, 2.05) is 5.43 Å². The summed E-state index contributed by atoms with van der Waals surface area (Å²) in [5.74, 6) is -0.558. The van der Waals surface area contributed by atoms with Crippen LogP contribution in [-0.4, -0.2) is 25.3 Å². The number of hydrogen-bond acceptors (Lipinski definition) is 4. The number of primary amides is 1. The molecule has 2 amide bonds. The summed E-state index contributed by atoms with van der Waals surface area (Å²) in [7, 11) is 1.25. The van der Waals surface area contributed by atoms with Crippen LogP contribution in [0.2, 0.25) is 10.0 Å². The third-order valence-electron chi connectivity index (χ3n) is 1.87. The molecule has 0 spiro atoms. The molecule has 0 heterocycles. The maximum atomic E-state index is 11.3. The molecular weight excluding hydrogens is 281 g/mol. The van der Waals surface area contributed by atoms with E-state index in [1.54, 1.807) is 0 Å². The summed E-state index contributed by atoms with van der Waals surface area (Å²) >= 11 is 11.8. The predicted molar refractivity (Wildman–Crippen MR) is 68.1 cm³/mol. The highest BCUT2D eigenvalue weighted by Gasteiger charge is 2.12. The number of esters is 1. The minimum Gasteiger partial charge on any atom is -0.465 e. The van der Waals surface area contributed by atoms with Crippen molar-refractivity contribution in [2.45, 2.75) is 0 Å². The Hall–Kier alpha value is -1.79. The lowest BCUT2D eigenvalue weighted by Crippen LogP contribution is -2.24. The number of halogens is 2. The van der Waals surface area contributed by atoms with Gasteiger partial charge in [0.05, 0.1) is 28.9 Å². The smallest absolute Gasteiger partial charge is 0.337 e. The summed E-state index contributed by atoms with van der Waals surface area (Å²) in [5.41, 5.74) is 7.38. The molecule has 0 aliphatic rings. The largest absolute Gasteiger partial charge is 0.465 e. The van der Waals surface area contributed by atoms with Crippen molar-refractivity contribution in [1.82, 2.24) is 5.43 Å². The molecule has 0 fully saturated rings. The Bertz CT molecular complexity index is 494. The van der Waals surface area contributed by atoms with E-state index in [0.29, 0.717) is 5.56 Å². The average Bonchev–Trinajstić information content (AvgIpc) is 2.31. The predicted octanol–water partition coefficient (Wildman–Crippen LogP) is 1.78. The number of benzene rings is 1. The molecule has 0 saturated carbocycles. The van der Waals surface area contributed by atoms with Crippen molar-refractivity contribution < 1.29 is 14.3 Å². The summed E-state index contributed by atoms with van der Waals surface area (Å²) in [6.45, 7) is 0. The lowest BCUT2D eigenvalue weighted by molar-refractivity contribution is 0.0600. The molecule has 0 aliphatic carbocycles. The Kier molecular flexibility index (Phi) is 4.94. The fraction of sp³-hybridized carbons (Fsp3) is 0.100. The van der Waals surface area contributed by atoms with Gasteiger partial charge in [-0.1, -0.05) is 23.2 Å². The van der Waals surface area contributed by atoms with Crippen LogP contribution in [0.25, 0.3) is 0 Å². The molecule has 8 heteroatoms. The number of carbonyl (C=O) groups is 2. The maximum Gasteiger partial charge on any atom is 0.337 e. The number of urea groups is 1. The van der Waals surface area contributed by atoms with Gasteiger partial charge in [0.2, 0.25) is 0 Å². The minimum atomic E-state index is -0.815. The highest BCUT2D eigenvalue weighted by Crippen LogP contribution is 2.25. The lowest BCUT2D eigenvalue weighted by Gasteiger charge is -2.05. The summed E-state index contributed by atoms with van der Waals surface area (Å²) in [4.78, 5) is 21.7. The molecule has 0 saturated heterocycles. The maximum absolute atomic E-state index is 11.3. The molecule has 96 valence electrons. The van der Waals surface area contributed by atoms with Crippen LogP contribution < -0.4 is 11.2 Å². The average molecular weight is 290 g/mol.